The highest BCUT2D eigenvalue weighted by molar-refractivity contribution is 5.86. The smallest absolute Gasteiger partial charge is 0.328 e. The van der Waals surface area contributed by atoms with Gasteiger partial charge in [0.15, 0.2) is 12.1 Å². The molecule has 0 fully saturated rings. The fourth-order valence-electron chi connectivity index (χ4n) is 1.49. The third kappa shape index (κ3) is 6.09. The van der Waals surface area contributed by atoms with Crippen LogP contribution in [0, 0.1) is 0 Å². The van der Waals surface area contributed by atoms with Crippen molar-refractivity contribution in [1.29, 1.82) is 0 Å². The lowest BCUT2D eigenvalue weighted by Gasteiger charge is -2.18. The molecule has 21 heavy (non-hydrogen) atoms. The van der Waals surface area contributed by atoms with Crippen LogP contribution < -0.4 is 10.1 Å². The van der Waals surface area contributed by atoms with Crippen molar-refractivity contribution in [3.05, 3.63) is 43.0 Å². The molecule has 2 atom stereocenters. The molecule has 114 valence electrons. The lowest BCUT2D eigenvalue weighted by Crippen LogP contribution is -2.48. The second kappa shape index (κ2) is 8.76. The van der Waals surface area contributed by atoms with Crippen LogP contribution in [0.2, 0.25) is 0 Å². The fraction of sp³-hybridized carbons (Fsp3) is 0.333. The van der Waals surface area contributed by atoms with Crippen LogP contribution >= 0.6 is 0 Å². The maximum absolute atomic E-state index is 11.9. The van der Waals surface area contributed by atoms with Crippen LogP contribution in [0.25, 0.3) is 0 Å². The Morgan fingerprint density at radius 2 is 2.05 bits per heavy atom. The van der Waals surface area contributed by atoms with E-state index in [9.17, 15) is 9.59 Å². The Morgan fingerprint density at radius 1 is 1.38 bits per heavy atom. The van der Waals surface area contributed by atoms with Gasteiger partial charge in [-0.1, -0.05) is 24.3 Å². The summed E-state index contributed by atoms with van der Waals surface area (Å²) in [6.07, 6.45) is 0.690. The lowest BCUT2D eigenvalue weighted by atomic mass is 10.2. The summed E-state index contributed by atoms with van der Waals surface area (Å²) < 4.78 is 10.5. The molecule has 0 radical (unpaired) electrons. The van der Waals surface area contributed by atoms with Gasteiger partial charge in [0, 0.05) is 0 Å². The van der Waals surface area contributed by atoms with E-state index >= 15 is 0 Å². The SMILES string of the molecule is C=CCOCC(NC(=O)C(C)Oc1ccccc1)C(=O)O. The topological polar surface area (TPSA) is 84.9 Å². The average molecular weight is 293 g/mol. The number of carboxylic acids is 1. The monoisotopic (exact) mass is 293 g/mol. The molecule has 0 aliphatic carbocycles. The molecular formula is C15H19NO5. The number of carboxylic acid groups (broad SMARTS) is 1. The summed E-state index contributed by atoms with van der Waals surface area (Å²) >= 11 is 0. The first-order valence-corrected chi connectivity index (χ1v) is 6.48. The summed E-state index contributed by atoms with van der Waals surface area (Å²) in [5.74, 6) is -1.15. The maximum Gasteiger partial charge on any atom is 0.328 e. The number of carbonyl (C=O) groups excluding carboxylic acids is 1. The van der Waals surface area contributed by atoms with Crippen molar-refractivity contribution in [2.45, 2.75) is 19.1 Å². The molecule has 0 saturated heterocycles. The van der Waals surface area contributed by atoms with Crippen LogP contribution in [0.3, 0.4) is 0 Å². The standard InChI is InChI=1S/C15H19NO5/c1-3-9-20-10-13(15(18)19)16-14(17)11(2)21-12-7-5-4-6-8-12/h3-8,11,13H,1,9-10H2,2H3,(H,16,17)(H,18,19). The van der Waals surface area contributed by atoms with Gasteiger partial charge in [0.2, 0.25) is 0 Å². The second-order valence-corrected chi connectivity index (χ2v) is 4.30. The van der Waals surface area contributed by atoms with Gasteiger partial charge in [-0.15, -0.1) is 6.58 Å². The van der Waals surface area contributed by atoms with E-state index in [1.165, 1.54) is 6.08 Å². The zero-order chi connectivity index (χ0) is 15.7. The molecule has 1 amide bonds. The summed E-state index contributed by atoms with van der Waals surface area (Å²) in [4.78, 5) is 23.0. The number of amides is 1. The molecule has 1 aromatic carbocycles. The largest absolute Gasteiger partial charge is 0.481 e. The highest BCUT2D eigenvalue weighted by Crippen LogP contribution is 2.10. The van der Waals surface area contributed by atoms with Gasteiger partial charge >= 0.3 is 5.97 Å². The molecular weight excluding hydrogens is 274 g/mol. The van der Waals surface area contributed by atoms with E-state index in [1.54, 1.807) is 31.2 Å². The maximum atomic E-state index is 11.9. The minimum Gasteiger partial charge on any atom is -0.481 e. The van der Waals surface area contributed by atoms with Crippen LogP contribution in [-0.4, -0.2) is 42.3 Å². The van der Waals surface area contributed by atoms with E-state index in [1.807, 2.05) is 6.07 Å². The predicted molar refractivity (Wildman–Crippen MR) is 77.1 cm³/mol. The first kappa shape index (κ1) is 16.7. The van der Waals surface area contributed by atoms with E-state index in [-0.39, 0.29) is 13.2 Å². The van der Waals surface area contributed by atoms with Gasteiger partial charge in [-0.05, 0) is 19.1 Å². The van der Waals surface area contributed by atoms with E-state index in [0.29, 0.717) is 5.75 Å². The van der Waals surface area contributed by atoms with Gasteiger partial charge in [0.25, 0.3) is 5.91 Å². The van der Waals surface area contributed by atoms with Crippen molar-refractivity contribution in [1.82, 2.24) is 5.32 Å². The Bertz CT molecular complexity index is 474. The number of rotatable bonds is 9. The Kier molecular flexibility index (Phi) is 6.97. The van der Waals surface area contributed by atoms with Crippen molar-refractivity contribution in [2.75, 3.05) is 13.2 Å². The highest BCUT2D eigenvalue weighted by Gasteiger charge is 2.24. The number of ether oxygens (including phenoxy) is 2. The number of benzene rings is 1. The van der Waals surface area contributed by atoms with E-state index < -0.39 is 24.0 Å². The van der Waals surface area contributed by atoms with Gasteiger partial charge in [0.05, 0.1) is 13.2 Å². The molecule has 1 rings (SSSR count). The van der Waals surface area contributed by atoms with Crippen molar-refractivity contribution < 1.29 is 24.2 Å². The quantitative estimate of drug-likeness (QED) is 0.528. The predicted octanol–water partition coefficient (Wildman–Crippen LogP) is 1.23. The van der Waals surface area contributed by atoms with Crippen molar-refractivity contribution in [3.63, 3.8) is 0 Å². The summed E-state index contributed by atoms with van der Waals surface area (Å²) in [5.41, 5.74) is 0. The third-order valence-electron chi connectivity index (χ3n) is 2.56. The first-order valence-electron chi connectivity index (χ1n) is 6.48. The van der Waals surface area contributed by atoms with Crippen LogP contribution in [-0.2, 0) is 14.3 Å². The summed E-state index contributed by atoms with van der Waals surface area (Å²) in [5, 5.41) is 11.4. The zero-order valence-corrected chi connectivity index (χ0v) is 11.8. The Morgan fingerprint density at radius 3 is 2.62 bits per heavy atom. The molecule has 2 unspecified atom stereocenters. The number of hydrogen-bond acceptors (Lipinski definition) is 4. The molecule has 0 spiro atoms. The molecule has 1 aromatic rings. The normalized spacial score (nSPS) is 13.0. The van der Waals surface area contributed by atoms with Gasteiger partial charge in [-0.3, -0.25) is 4.79 Å². The second-order valence-electron chi connectivity index (χ2n) is 4.30. The van der Waals surface area contributed by atoms with E-state index in [4.69, 9.17) is 14.6 Å². The molecule has 0 heterocycles. The minimum absolute atomic E-state index is 0.134. The zero-order valence-electron chi connectivity index (χ0n) is 11.8. The minimum atomic E-state index is -1.17. The van der Waals surface area contributed by atoms with Crippen molar-refractivity contribution >= 4 is 11.9 Å². The van der Waals surface area contributed by atoms with Gasteiger partial charge in [-0.25, -0.2) is 4.79 Å². The molecule has 2 N–H and O–H groups in total. The summed E-state index contributed by atoms with van der Waals surface area (Å²) in [6.45, 7) is 5.09. The van der Waals surface area contributed by atoms with Crippen LogP contribution in [0.5, 0.6) is 5.75 Å². The number of hydrogen-bond donors (Lipinski definition) is 2. The van der Waals surface area contributed by atoms with Gasteiger partial charge in [0.1, 0.15) is 5.75 Å². The van der Waals surface area contributed by atoms with Crippen molar-refractivity contribution in [3.8, 4) is 5.75 Å². The van der Waals surface area contributed by atoms with Crippen LogP contribution in [0.15, 0.2) is 43.0 Å². The Labute approximate surface area is 123 Å². The summed E-state index contributed by atoms with van der Waals surface area (Å²) in [6, 6.07) is 7.69. The molecule has 0 saturated carbocycles. The molecule has 0 bridgehead atoms. The average Bonchev–Trinajstić information content (AvgIpc) is 2.47. The van der Waals surface area contributed by atoms with E-state index in [0.717, 1.165) is 0 Å². The molecule has 0 aromatic heterocycles. The number of carbonyl (C=O) groups is 2. The van der Waals surface area contributed by atoms with Crippen LogP contribution in [0.1, 0.15) is 6.92 Å². The third-order valence-corrected chi connectivity index (χ3v) is 2.56. The molecule has 0 aliphatic rings. The van der Waals surface area contributed by atoms with Gasteiger partial charge < -0.3 is 19.9 Å². The highest BCUT2D eigenvalue weighted by atomic mass is 16.5. The fourth-order valence-corrected chi connectivity index (χ4v) is 1.49. The van der Waals surface area contributed by atoms with Crippen molar-refractivity contribution in [2.24, 2.45) is 0 Å². The summed E-state index contributed by atoms with van der Waals surface area (Å²) in [7, 11) is 0. The lowest BCUT2D eigenvalue weighted by molar-refractivity contribution is -0.144. The van der Waals surface area contributed by atoms with Crippen LogP contribution in [0.4, 0.5) is 0 Å². The Balaban J connectivity index is 2.51. The Hall–Kier alpha value is -2.34. The molecule has 0 aliphatic heterocycles. The molecule has 6 heteroatoms. The number of para-hydroxylation sites is 1. The number of nitrogens with one attached hydrogen (secondary N) is 1. The van der Waals surface area contributed by atoms with E-state index in [2.05, 4.69) is 11.9 Å². The first-order chi connectivity index (χ1) is 10.0. The number of aliphatic carboxylic acids is 1. The van der Waals surface area contributed by atoms with Gasteiger partial charge in [-0.2, -0.15) is 0 Å². The molecule has 6 nitrogen and oxygen atoms in total.